The highest BCUT2D eigenvalue weighted by Gasteiger charge is 2.34. The van der Waals surface area contributed by atoms with Crippen LogP contribution in [0.4, 0.5) is 5.82 Å². The first kappa shape index (κ1) is 17.9. The van der Waals surface area contributed by atoms with E-state index in [1.54, 1.807) is 12.1 Å². The first-order chi connectivity index (χ1) is 14.2. The summed E-state index contributed by atoms with van der Waals surface area (Å²) in [6, 6.07) is 14.8. The highest BCUT2D eigenvalue weighted by Crippen LogP contribution is 2.30. The lowest BCUT2D eigenvalue weighted by Gasteiger charge is -2.33. The van der Waals surface area contributed by atoms with Gasteiger partial charge < -0.3 is 20.6 Å². The molecular formula is C22H23N5O2. The number of nitrogens with one attached hydrogen (secondary N) is 2. The second kappa shape index (κ2) is 7.33. The number of fused-ring (bicyclic) bond motifs is 1. The lowest BCUT2D eigenvalue weighted by Crippen LogP contribution is -2.49. The van der Waals surface area contributed by atoms with Crippen molar-refractivity contribution in [1.82, 2.24) is 20.2 Å². The summed E-state index contributed by atoms with van der Waals surface area (Å²) in [6.07, 6.45) is 1.82. The van der Waals surface area contributed by atoms with E-state index in [1.807, 2.05) is 41.3 Å². The predicted octanol–water partition coefficient (Wildman–Crippen LogP) is 2.38. The van der Waals surface area contributed by atoms with Crippen LogP contribution in [0.2, 0.25) is 0 Å². The Balaban J connectivity index is 1.43. The smallest absolute Gasteiger partial charge is 0.239 e. The normalized spacial score (nSPS) is 21.2. The Morgan fingerprint density at radius 1 is 1.10 bits per heavy atom. The highest BCUT2D eigenvalue weighted by molar-refractivity contribution is 5.91. The molecule has 29 heavy (non-hydrogen) atoms. The van der Waals surface area contributed by atoms with Gasteiger partial charge >= 0.3 is 0 Å². The Bertz CT molecular complexity index is 1070. The van der Waals surface area contributed by atoms with Crippen molar-refractivity contribution in [2.24, 2.45) is 0 Å². The zero-order valence-electron chi connectivity index (χ0n) is 16.0. The standard InChI is InChI=1S/C22H23N5O2/c28-19-9-4-2-7-16(19)21-25-17-8-3-1-6-15(17)20(26-21)24-14-12-18(23-13-14)22(29)27-10-5-11-27/h1-4,6-9,14,18,23,28H,5,10-13H2,(H,24,25,26). The monoisotopic (exact) mass is 389 g/mol. The summed E-state index contributed by atoms with van der Waals surface area (Å²) < 4.78 is 0. The molecule has 1 amide bonds. The third kappa shape index (κ3) is 3.38. The molecule has 0 saturated carbocycles. The SMILES string of the molecule is O=C(C1CC(Nc2nc(-c3ccccc3O)nc3ccccc23)CN1)N1CCC1. The molecule has 2 unspecified atom stereocenters. The van der Waals surface area contributed by atoms with E-state index in [0.29, 0.717) is 17.9 Å². The number of para-hydroxylation sites is 2. The van der Waals surface area contributed by atoms with Gasteiger partial charge in [0.2, 0.25) is 5.91 Å². The molecule has 2 aromatic carbocycles. The third-order valence-electron chi connectivity index (χ3n) is 5.69. The zero-order chi connectivity index (χ0) is 19.8. The molecule has 1 aromatic heterocycles. The van der Waals surface area contributed by atoms with Crippen molar-refractivity contribution in [3.05, 3.63) is 48.5 Å². The third-order valence-corrected chi connectivity index (χ3v) is 5.69. The number of amides is 1. The van der Waals surface area contributed by atoms with Crippen molar-refractivity contribution in [3.8, 4) is 17.1 Å². The number of rotatable bonds is 4. The van der Waals surface area contributed by atoms with Crippen molar-refractivity contribution in [2.75, 3.05) is 25.0 Å². The number of aromatic hydroxyl groups is 1. The highest BCUT2D eigenvalue weighted by atomic mass is 16.3. The van der Waals surface area contributed by atoms with Gasteiger partial charge in [0.15, 0.2) is 5.82 Å². The van der Waals surface area contributed by atoms with Gasteiger partial charge in [0.1, 0.15) is 11.6 Å². The van der Waals surface area contributed by atoms with Crippen molar-refractivity contribution in [2.45, 2.75) is 24.9 Å². The minimum atomic E-state index is -0.140. The zero-order valence-corrected chi connectivity index (χ0v) is 16.0. The van der Waals surface area contributed by atoms with Gasteiger partial charge in [-0.05, 0) is 37.1 Å². The molecule has 3 heterocycles. The molecule has 0 radical (unpaired) electrons. The van der Waals surface area contributed by atoms with E-state index in [-0.39, 0.29) is 23.7 Å². The minimum absolute atomic E-state index is 0.0979. The van der Waals surface area contributed by atoms with Crippen LogP contribution in [0.25, 0.3) is 22.3 Å². The molecule has 3 aromatic rings. The average molecular weight is 389 g/mol. The van der Waals surface area contributed by atoms with Gasteiger partial charge in [-0.25, -0.2) is 9.97 Å². The van der Waals surface area contributed by atoms with E-state index in [9.17, 15) is 9.90 Å². The van der Waals surface area contributed by atoms with Crippen LogP contribution >= 0.6 is 0 Å². The quantitative estimate of drug-likeness (QED) is 0.635. The number of nitrogens with zero attached hydrogens (tertiary/aromatic N) is 3. The van der Waals surface area contributed by atoms with Crippen LogP contribution in [-0.4, -0.2) is 57.6 Å². The van der Waals surface area contributed by atoms with Crippen LogP contribution in [0.5, 0.6) is 5.75 Å². The van der Waals surface area contributed by atoms with Gasteiger partial charge in [0.25, 0.3) is 0 Å². The largest absolute Gasteiger partial charge is 0.507 e. The van der Waals surface area contributed by atoms with Gasteiger partial charge in [0.05, 0.1) is 17.1 Å². The summed E-state index contributed by atoms with van der Waals surface area (Å²) in [5.41, 5.74) is 1.40. The van der Waals surface area contributed by atoms with E-state index < -0.39 is 0 Å². The van der Waals surface area contributed by atoms with Crippen LogP contribution < -0.4 is 10.6 Å². The maximum absolute atomic E-state index is 12.5. The van der Waals surface area contributed by atoms with Crippen molar-refractivity contribution in [1.29, 1.82) is 0 Å². The fourth-order valence-corrected chi connectivity index (χ4v) is 3.95. The summed E-state index contributed by atoms with van der Waals surface area (Å²) in [7, 11) is 0. The number of carbonyl (C=O) groups excluding carboxylic acids is 1. The predicted molar refractivity (Wildman–Crippen MR) is 112 cm³/mol. The summed E-state index contributed by atoms with van der Waals surface area (Å²) in [6.45, 7) is 2.44. The topological polar surface area (TPSA) is 90.4 Å². The maximum atomic E-state index is 12.5. The van der Waals surface area contributed by atoms with Gasteiger partial charge in [-0.3, -0.25) is 4.79 Å². The maximum Gasteiger partial charge on any atom is 0.239 e. The second-order valence-corrected chi connectivity index (χ2v) is 7.65. The van der Waals surface area contributed by atoms with Crippen molar-refractivity contribution >= 4 is 22.6 Å². The Hall–Kier alpha value is -3.19. The summed E-state index contributed by atoms with van der Waals surface area (Å²) in [5, 5.41) is 18.0. The molecule has 5 rings (SSSR count). The molecule has 3 N–H and O–H groups in total. The molecule has 2 saturated heterocycles. The Morgan fingerprint density at radius 2 is 1.90 bits per heavy atom. The molecule has 0 bridgehead atoms. The Morgan fingerprint density at radius 3 is 2.69 bits per heavy atom. The molecular weight excluding hydrogens is 366 g/mol. The number of aromatic nitrogens is 2. The fourth-order valence-electron chi connectivity index (χ4n) is 3.95. The Labute approximate surface area is 168 Å². The molecule has 0 aliphatic carbocycles. The lowest BCUT2D eigenvalue weighted by atomic mass is 10.1. The summed E-state index contributed by atoms with van der Waals surface area (Å²) in [4.78, 5) is 23.8. The van der Waals surface area contributed by atoms with E-state index in [1.165, 1.54) is 0 Å². The molecule has 2 fully saturated rings. The van der Waals surface area contributed by atoms with E-state index in [4.69, 9.17) is 4.98 Å². The van der Waals surface area contributed by atoms with Crippen molar-refractivity contribution < 1.29 is 9.90 Å². The van der Waals surface area contributed by atoms with Crippen LogP contribution in [0.15, 0.2) is 48.5 Å². The average Bonchev–Trinajstić information content (AvgIpc) is 3.15. The summed E-state index contributed by atoms with van der Waals surface area (Å²) in [5.74, 6) is 1.54. The number of anilines is 1. The molecule has 2 aliphatic heterocycles. The molecule has 2 atom stereocenters. The number of hydrogen-bond donors (Lipinski definition) is 3. The van der Waals surface area contributed by atoms with Gasteiger partial charge in [-0.1, -0.05) is 24.3 Å². The molecule has 0 spiro atoms. The van der Waals surface area contributed by atoms with Crippen molar-refractivity contribution in [3.63, 3.8) is 0 Å². The van der Waals surface area contributed by atoms with Crippen LogP contribution in [0, 0.1) is 0 Å². The fraction of sp³-hybridized carbons (Fsp3) is 0.318. The first-order valence-electron chi connectivity index (χ1n) is 10.0. The lowest BCUT2D eigenvalue weighted by molar-refractivity contribution is -0.136. The number of phenolic OH excluding ortho intramolecular Hbond substituents is 1. The Kier molecular flexibility index (Phi) is 4.52. The number of hydrogen-bond acceptors (Lipinski definition) is 6. The van der Waals surface area contributed by atoms with Crippen LogP contribution in [-0.2, 0) is 4.79 Å². The van der Waals surface area contributed by atoms with Gasteiger partial charge in [-0.15, -0.1) is 0 Å². The number of likely N-dealkylation sites (tertiary alicyclic amines) is 1. The number of carbonyl (C=O) groups is 1. The van der Waals surface area contributed by atoms with Gasteiger partial charge in [0, 0.05) is 31.1 Å². The summed E-state index contributed by atoms with van der Waals surface area (Å²) >= 11 is 0. The molecule has 7 heteroatoms. The van der Waals surface area contributed by atoms with Crippen LogP contribution in [0.3, 0.4) is 0 Å². The van der Waals surface area contributed by atoms with Crippen LogP contribution in [0.1, 0.15) is 12.8 Å². The molecule has 148 valence electrons. The number of benzene rings is 2. The first-order valence-corrected chi connectivity index (χ1v) is 10.0. The van der Waals surface area contributed by atoms with E-state index in [2.05, 4.69) is 15.6 Å². The molecule has 2 aliphatic rings. The second-order valence-electron chi connectivity index (χ2n) is 7.65. The minimum Gasteiger partial charge on any atom is -0.507 e. The van der Waals surface area contributed by atoms with Gasteiger partial charge in [-0.2, -0.15) is 0 Å². The number of phenols is 1. The van der Waals surface area contributed by atoms with E-state index in [0.717, 1.165) is 42.7 Å². The molecule has 7 nitrogen and oxygen atoms in total. The van der Waals surface area contributed by atoms with E-state index >= 15 is 0 Å².